The first-order valence-corrected chi connectivity index (χ1v) is 10.6. The van der Waals surface area contributed by atoms with Gasteiger partial charge in [-0.25, -0.2) is 9.78 Å². The molecular formula is C19H27N5O5S. The number of hydrogen-bond donors (Lipinski definition) is 3. The summed E-state index contributed by atoms with van der Waals surface area (Å²) in [5.41, 5.74) is 0.897. The molecule has 0 saturated heterocycles. The fraction of sp³-hybridized carbons (Fsp3) is 0.579. The molecule has 11 heteroatoms. The SMILES string of the molecule is COC[C@H](C)N(C(=O)O)[C@@H]1CC[C@H](c2cc(NC(=O)Cc3ncc(OC)s3)n[nH]2)C1. The first kappa shape index (κ1) is 22.0. The van der Waals surface area contributed by atoms with Gasteiger partial charge in [-0.3, -0.25) is 9.89 Å². The number of aromatic amines is 1. The number of thiazole rings is 1. The van der Waals surface area contributed by atoms with E-state index in [1.807, 2.05) is 13.0 Å². The van der Waals surface area contributed by atoms with E-state index < -0.39 is 6.09 Å². The largest absolute Gasteiger partial charge is 0.486 e. The Morgan fingerprint density at radius 3 is 2.90 bits per heavy atom. The van der Waals surface area contributed by atoms with E-state index in [9.17, 15) is 14.7 Å². The van der Waals surface area contributed by atoms with E-state index in [-0.39, 0.29) is 30.3 Å². The summed E-state index contributed by atoms with van der Waals surface area (Å²) in [6.45, 7) is 2.21. The van der Waals surface area contributed by atoms with Crippen LogP contribution in [0.2, 0.25) is 0 Å². The number of nitrogens with one attached hydrogen (secondary N) is 2. The number of amides is 2. The predicted molar refractivity (Wildman–Crippen MR) is 111 cm³/mol. The van der Waals surface area contributed by atoms with Crippen LogP contribution in [0.1, 0.15) is 42.8 Å². The molecule has 164 valence electrons. The van der Waals surface area contributed by atoms with Crippen molar-refractivity contribution in [2.45, 2.75) is 50.6 Å². The Kier molecular flexibility index (Phi) is 7.27. The Morgan fingerprint density at radius 2 is 2.23 bits per heavy atom. The summed E-state index contributed by atoms with van der Waals surface area (Å²) in [5.74, 6) is 0.401. The first-order chi connectivity index (χ1) is 14.4. The van der Waals surface area contributed by atoms with Crippen LogP contribution in [0, 0.1) is 0 Å². The van der Waals surface area contributed by atoms with Crippen LogP contribution in [-0.4, -0.2) is 70.1 Å². The fourth-order valence-electron chi connectivity index (χ4n) is 3.92. The highest BCUT2D eigenvalue weighted by atomic mass is 32.1. The lowest BCUT2D eigenvalue weighted by Gasteiger charge is -2.31. The maximum Gasteiger partial charge on any atom is 0.407 e. The van der Waals surface area contributed by atoms with E-state index in [4.69, 9.17) is 9.47 Å². The summed E-state index contributed by atoms with van der Waals surface area (Å²) >= 11 is 1.32. The van der Waals surface area contributed by atoms with Gasteiger partial charge in [0, 0.05) is 30.8 Å². The molecule has 2 aromatic rings. The minimum absolute atomic E-state index is 0.0705. The van der Waals surface area contributed by atoms with Gasteiger partial charge in [-0.2, -0.15) is 5.10 Å². The van der Waals surface area contributed by atoms with Crippen molar-refractivity contribution in [3.05, 3.63) is 23.0 Å². The van der Waals surface area contributed by atoms with Crippen LogP contribution in [0.15, 0.2) is 12.3 Å². The molecule has 3 atom stereocenters. The second-order valence-corrected chi connectivity index (χ2v) is 8.45. The van der Waals surface area contributed by atoms with Crippen LogP contribution >= 0.6 is 11.3 Å². The third kappa shape index (κ3) is 5.28. The highest BCUT2D eigenvalue weighted by Crippen LogP contribution is 2.37. The first-order valence-electron chi connectivity index (χ1n) is 9.75. The van der Waals surface area contributed by atoms with Gasteiger partial charge in [0.25, 0.3) is 0 Å². The van der Waals surface area contributed by atoms with Crippen molar-refractivity contribution in [3.8, 4) is 5.06 Å². The summed E-state index contributed by atoms with van der Waals surface area (Å²) in [7, 11) is 3.13. The third-order valence-electron chi connectivity index (χ3n) is 5.25. The number of hydrogen-bond acceptors (Lipinski definition) is 7. The van der Waals surface area contributed by atoms with Crippen LogP contribution < -0.4 is 10.1 Å². The Balaban J connectivity index is 1.57. The summed E-state index contributed by atoms with van der Waals surface area (Å²) in [5, 5.41) is 20.9. The van der Waals surface area contributed by atoms with Crippen molar-refractivity contribution in [3.63, 3.8) is 0 Å². The number of H-pyrrole nitrogens is 1. The van der Waals surface area contributed by atoms with Gasteiger partial charge >= 0.3 is 6.09 Å². The van der Waals surface area contributed by atoms with Crippen molar-refractivity contribution in [1.82, 2.24) is 20.1 Å². The van der Waals surface area contributed by atoms with Gasteiger partial charge in [-0.15, -0.1) is 0 Å². The van der Waals surface area contributed by atoms with E-state index in [0.29, 0.717) is 28.9 Å². The van der Waals surface area contributed by atoms with E-state index in [1.165, 1.54) is 16.2 Å². The topological polar surface area (TPSA) is 130 Å². The molecule has 30 heavy (non-hydrogen) atoms. The number of carboxylic acid groups (broad SMARTS) is 1. The molecule has 0 spiro atoms. The van der Waals surface area contributed by atoms with Gasteiger partial charge in [-0.05, 0) is 26.2 Å². The molecule has 2 heterocycles. The summed E-state index contributed by atoms with van der Waals surface area (Å²) < 4.78 is 10.2. The molecule has 3 N–H and O–H groups in total. The van der Waals surface area contributed by atoms with Crippen molar-refractivity contribution in [2.75, 3.05) is 26.1 Å². The lowest BCUT2D eigenvalue weighted by molar-refractivity contribution is -0.115. The van der Waals surface area contributed by atoms with Gasteiger partial charge in [-0.1, -0.05) is 11.3 Å². The minimum atomic E-state index is -0.929. The highest BCUT2D eigenvalue weighted by Gasteiger charge is 2.35. The summed E-state index contributed by atoms with van der Waals surface area (Å²) in [4.78, 5) is 29.6. The van der Waals surface area contributed by atoms with E-state index in [1.54, 1.807) is 20.4 Å². The molecule has 1 aliphatic carbocycles. The van der Waals surface area contributed by atoms with Crippen molar-refractivity contribution < 1.29 is 24.2 Å². The van der Waals surface area contributed by atoms with Crippen molar-refractivity contribution in [1.29, 1.82) is 0 Å². The molecule has 0 unspecified atom stereocenters. The smallest absolute Gasteiger partial charge is 0.407 e. The number of carbonyl (C=O) groups excluding carboxylic acids is 1. The average Bonchev–Trinajstić information content (AvgIpc) is 3.42. The van der Waals surface area contributed by atoms with Gasteiger partial charge in [0.2, 0.25) is 5.91 Å². The number of rotatable bonds is 9. The standard InChI is InChI=1S/C19H27N5O5S/c1-11(10-28-2)24(19(26)27)13-5-4-12(6-13)14-7-15(23-22-14)21-16(25)8-17-20-9-18(29-3)30-17/h7,9,11-13H,4-6,8,10H2,1-3H3,(H,26,27)(H2,21,22,23,25)/t11-,12-,13+/m0/s1. The van der Waals surface area contributed by atoms with Crippen LogP contribution in [-0.2, 0) is 16.0 Å². The zero-order valence-electron chi connectivity index (χ0n) is 17.3. The Hall–Kier alpha value is -2.66. The third-order valence-corrected chi connectivity index (χ3v) is 6.21. The normalized spacial score (nSPS) is 19.4. The molecule has 0 aliphatic heterocycles. The molecule has 3 rings (SSSR count). The lowest BCUT2D eigenvalue weighted by Crippen LogP contribution is -2.46. The number of carbonyl (C=O) groups is 2. The highest BCUT2D eigenvalue weighted by molar-refractivity contribution is 7.13. The van der Waals surface area contributed by atoms with Crippen LogP contribution in [0.25, 0.3) is 0 Å². The van der Waals surface area contributed by atoms with Gasteiger partial charge in [0.15, 0.2) is 10.9 Å². The maximum atomic E-state index is 12.2. The van der Waals surface area contributed by atoms with Crippen LogP contribution in [0.5, 0.6) is 5.06 Å². The second kappa shape index (κ2) is 9.90. The summed E-state index contributed by atoms with van der Waals surface area (Å²) in [6, 6.07) is 1.54. The maximum absolute atomic E-state index is 12.2. The number of nitrogens with zero attached hydrogens (tertiary/aromatic N) is 3. The van der Waals surface area contributed by atoms with Gasteiger partial charge in [0.05, 0.1) is 32.4 Å². The molecule has 1 saturated carbocycles. The monoisotopic (exact) mass is 437 g/mol. The molecule has 0 bridgehead atoms. The fourth-order valence-corrected chi connectivity index (χ4v) is 4.65. The zero-order chi connectivity index (χ0) is 21.7. The molecule has 0 aromatic carbocycles. The zero-order valence-corrected chi connectivity index (χ0v) is 18.1. The van der Waals surface area contributed by atoms with Crippen LogP contribution in [0.4, 0.5) is 10.6 Å². The molecule has 1 fully saturated rings. The quantitative estimate of drug-likeness (QED) is 0.550. The summed E-state index contributed by atoms with van der Waals surface area (Å²) in [6.07, 6.45) is 3.13. The van der Waals surface area contributed by atoms with E-state index >= 15 is 0 Å². The molecule has 2 aromatic heterocycles. The molecule has 10 nitrogen and oxygen atoms in total. The molecule has 1 aliphatic rings. The Morgan fingerprint density at radius 1 is 1.43 bits per heavy atom. The van der Waals surface area contributed by atoms with Crippen LogP contribution in [0.3, 0.4) is 0 Å². The van der Waals surface area contributed by atoms with Crippen molar-refractivity contribution in [2.24, 2.45) is 0 Å². The number of anilines is 1. The Labute approximate surface area is 178 Å². The number of aromatic nitrogens is 3. The molecular weight excluding hydrogens is 410 g/mol. The Bertz CT molecular complexity index is 869. The molecule has 0 radical (unpaired) electrons. The minimum Gasteiger partial charge on any atom is -0.486 e. The number of methoxy groups -OCH3 is 2. The lowest BCUT2D eigenvalue weighted by atomic mass is 10.0. The average molecular weight is 438 g/mol. The second-order valence-electron chi connectivity index (χ2n) is 7.37. The van der Waals surface area contributed by atoms with E-state index in [2.05, 4.69) is 20.5 Å². The molecule has 2 amide bonds. The van der Waals surface area contributed by atoms with E-state index in [0.717, 1.165) is 18.5 Å². The predicted octanol–water partition coefficient (Wildman–Crippen LogP) is 2.71. The van der Waals surface area contributed by atoms with Gasteiger partial charge in [0.1, 0.15) is 5.01 Å². The van der Waals surface area contributed by atoms with Gasteiger partial charge < -0.3 is 24.8 Å². The van der Waals surface area contributed by atoms with Crippen molar-refractivity contribution >= 4 is 29.2 Å². The number of ether oxygens (including phenoxy) is 2.